The number of guanidine groups is 1. The lowest BCUT2D eigenvalue weighted by atomic mass is 10.0. The molecule has 4 nitrogen and oxygen atoms in total. The van der Waals surface area contributed by atoms with Crippen LogP contribution < -0.4 is 5.32 Å². The summed E-state index contributed by atoms with van der Waals surface area (Å²) >= 11 is 0. The van der Waals surface area contributed by atoms with E-state index in [1.165, 1.54) is 16.7 Å². The number of nitrogens with one attached hydrogen (secondary N) is 1. The minimum Gasteiger partial charge on any atom is -0.356 e. The zero-order valence-electron chi connectivity index (χ0n) is 15.8. The second kappa shape index (κ2) is 9.18. The van der Waals surface area contributed by atoms with Crippen LogP contribution in [0.15, 0.2) is 59.2 Å². The molecule has 1 aliphatic rings. The molecule has 0 aliphatic carbocycles. The Labute approximate surface area is 156 Å². The molecule has 1 N–H and O–H groups in total. The van der Waals surface area contributed by atoms with Crippen molar-refractivity contribution in [2.24, 2.45) is 4.99 Å². The quantitative estimate of drug-likeness (QED) is 0.677. The fourth-order valence-electron chi connectivity index (χ4n) is 3.23. The summed E-state index contributed by atoms with van der Waals surface area (Å²) in [5.74, 6) is 1.00. The zero-order valence-corrected chi connectivity index (χ0v) is 15.8. The van der Waals surface area contributed by atoms with Crippen molar-refractivity contribution in [2.45, 2.75) is 26.2 Å². The number of rotatable bonds is 4. The molecule has 4 heteroatoms. The maximum absolute atomic E-state index is 4.46. The maximum Gasteiger partial charge on any atom is 0.193 e. The normalized spacial score (nSPS) is 15.1. The first-order valence-corrected chi connectivity index (χ1v) is 9.36. The second-order valence-electron chi connectivity index (χ2n) is 6.73. The highest BCUT2D eigenvalue weighted by molar-refractivity contribution is 5.80. The van der Waals surface area contributed by atoms with E-state index in [4.69, 9.17) is 0 Å². The van der Waals surface area contributed by atoms with E-state index in [0.717, 1.165) is 50.6 Å². The molecule has 2 aromatic rings. The van der Waals surface area contributed by atoms with Crippen LogP contribution in [0, 0.1) is 6.92 Å². The molecule has 0 radical (unpaired) electrons. The van der Waals surface area contributed by atoms with E-state index < -0.39 is 0 Å². The number of pyridine rings is 1. The largest absolute Gasteiger partial charge is 0.356 e. The average Bonchev–Trinajstić information content (AvgIpc) is 2.68. The summed E-state index contributed by atoms with van der Waals surface area (Å²) in [6.45, 7) is 4.93. The number of aliphatic imine (C=N–C) groups is 1. The van der Waals surface area contributed by atoms with Gasteiger partial charge in [0.15, 0.2) is 5.96 Å². The van der Waals surface area contributed by atoms with Gasteiger partial charge in [-0.05, 0) is 43.4 Å². The first-order chi connectivity index (χ1) is 12.7. The number of benzene rings is 1. The van der Waals surface area contributed by atoms with Gasteiger partial charge in [-0.2, -0.15) is 0 Å². The topological polar surface area (TPSA) is 40.5 Å². The predicted molar refractivity (Wildman–Crippen MR) is 109 cm³/mol. The standard InChI is InChI=1S/C22H28N4/c1-18-8-9-21(17-25-18)10-13-24-22(23-2)26-14-11-20(12-15-26)16-19-6-4-3-5-7-19/h3-9,16-17H,10-15H2,1-2H3,(H,23,24). The summed E-state index contributed by atoms with van der Waals surface area (Å²) in [5, 5.41) is 3.50. The SMILES string of the molecule is CN=C(NCCc1ccc(C)nc1)N1CCC(=Cc2ccccc2)CC1. The Kier molecular flexibility index (Phi) is 6.42. The summed E-state index contributed by atoms with van der Waals surface area (Å²) in [6.07, 6.45) is 7.44. The van der Waals surface area contributed by atoms with Gasteiger partial charge in [0.2, 0.25) is 0 Å². The average molecular weight is 348 g/mol. The van der Waals surface area contributed by atoms with Crippen molar-refractivity contribution in [1.29, 1.82) is 0 Å². The third kappa shape index (κ3) is 5.19. The number of nitrogens with zero attached hydrogens (tertiary/aromatic N) is 3. The van der Waals surface area contributed by atoms with Gasteiger partial charge in [-0.15, -0.1) is 0 Å². The molecule has 0 amide bonds. The van der Waals surface area contributed by atoms with Gasteiger partial charge < -0.3 is 10.2 Å². The molecule has 2 heterocycles. The molecule has 3 rings (SSSR count). The van der Waals surface area contributed by atoms with Gasteiger partial charge in [0, 0.05) is 38.6 Å². The minimum absolute atomic E-state index is 0.876. The Morgan fingerprint density at radius 3 is 2.58 bits per heavy atom. The molecule has 1 saturated heterocycles. The van der Waals surface area contributed by atoms with Crippen LogP contribution in [0.4, 0.5) is 0 Å². The highest BCUT2D eigenvalue weighted by Crippen LogP contribution is 2.19. The van der Waals surface area contributed by atoms with Crippen molar-refractivity contribution in [3.8, 4) is 0 Å². The van der Waals surface area contributed by atoms with Gasteiger partial charge in [0.25, 0.3) is 0 Å². The number of hydrogen-bond donors (Lipinski definition) is 1. The lowest BCUT2D eigenvalue weighted by Crippen LogP contribution is -2.45. The Hall–Kier alpha value is -2.62. The van der Waals surface area contributed by atoms with E-state index in [1.54, 1.807) is 0 Å². The molecular formula is C22H28N4. The van der Waals surface area contributed by atoms with Crippen LogP contribution >= 0.6 is 0 Å². The number of aromatic nitrogens is 1. The van der Waals surface area contributed by atoms with Gasteiger partial charge in [0.1, 0.15) is 0 Å². The Bertz CT molecular complexity index is 737. The van der Waals surface area contributed by atoms with Crippen LogP contribution in [-0.2, 0) is 6.42 Å². The molecule has 1 aromatic carbocycles. The molecule has 0 saturated carbocycles. The summed E-state index contributed by atoms with van der Waals surface area (Å²) < 4.78 is 0. The molecule has 1 aromatic heterocycles. The van der Waals surface area contributed by atoms with E-state index in [2.05, 4.69) is 68.7 Å². The third-order valence-corrected chi connectivity index (χ3v) is 4.76. The zero-order chi connectivity index (χ0) is 18.2. The van der Waals surface area contributed by atoms with Crippen molar-refractivity contribution in [1.82, 2.24) is 15.2 Å². The van der Waals surface area contributed by atoms with Gasteiger partial charge in [-0.25, -0.2) is 0 Å². The molecule has 0 bridgehead atoms. The molecule has 1 fully saturated rings. The molecule has 26 heavy (non-hydrogen) atoms. The minimum atomic E-state index is 0.876. The predicted octanol–water partition coefficient (Wildman–Crippen LogP) is 3.69. The van der Waals surface area contributed by atoms with Crippen molar-refractivity contribution < 1.29 is 0 Å². The fourth-order valence-corrected chi connectivity index (χ4v) is 3.23. The number of likely N-dealkylation sites (tertiary alicyclic amines) is 1. The molecule has 0 atom stereocenters. The van der Waals surface area contributed by atoms with Crippen molar-refractivity contribution >= 4 is 12.0 Å². The van der Waals surface area contributed by atoms with E-state index in [9.17, 15) is 0 Å². The molecule has 1 aliphatic heterocycles. The summed E-state index contributed by atoms with van der Waals surface area (Å²) in [6, 6.07) is 14.8. The highest BCUT2D eigenvalue weighted by Gasteiger charge is 2.16. The van der Waals surface area contributed by atoms with E-state index in [0.29, 0.717) is 0 Å². The monoisotopic (exact) mass is 348 g/mol. The first-order valence-electron chi connectivity index (χ1n) is 9.36. The Morgan fingerprint density at radius 2 is 1.92 bits per heavy atom. The van der Waals surface area contributed by atoms with Gasteiger partial charge >= 0.3 is 0 Å². The summed E-state index contributed by atoms with van der Waals surface area (Å²) in [5.41, 5.74) is 5.13. The second-order valence-corrected chi connectivity index (χ2v) is 6.73. The van der Waals surface area contributed by atoms with Crippen LogP contribution in [0.3, 0.4) is 0 Å². The summed E-state index contributed by atoms with van der Waals surface area (Å²) in [4.78, 5) is 11.2. The highest BCUT2D eigenvalue weighted by atomic mass is 15.3. The number of piperidine rings is 1. The lowest BCUT2D eigenvalue weighted by molar-refractivity contribution is 0.376. The number of hydrogen-bond acceptors (Lipinski definition) is 2. The van der Waals surface area contributed by atoms with Crippen LogP contribution in [0.1, 0.15) is 29.7 Å². The maximum atomic E-state index is 4.46. The third-order valence-electron chi connectivity index (χ3n) is 4.76. The van der Waals surface area contributed by atoms with Crippen LogP contribution in [0.5, 0.6) is 0 Å². The van der Waals surface area contributed by atoms with Crippen LogP contribution in [0.25, 0.3) is 6.08 Å². The van der Waals surface area contributed by atoms with E-state index in [-0.39, 0.29) is 0 Å². The van der Waals surface area contributed by atoms with Gasteiger partial charge in [-0.1, -0.05) is 48.0 Å². The van der Waals surface area contributed by atoms with Gasteiger partial charge in [0.05, 0.1) is 0 Å². The molecular weight excluding hydrogens is 320 g/mol. The smallest absolute Gasteiger partial charge is 0.193 e. The van der Waals surface area contributed by atoms with Crippen molar-refractivity contribution in [3.63, 3.8) is 0 Å². The number of aryl methyl sites for hydroxylation is 1. The van der Waals surface area contributed by atoms with Crippen LogP contribution in [0.2, 0.25) is 0 Å². The van der Waals surface area contributed by atoms with Crippen molar-refractivity contribution in [3.05, 3.63) is 71.1 Å². The lowest BCUT2D eigenvalue weighted by Gasteiger charge is -2.31. The fraction of sp³-hybridized carbons (Fsp3) is 0.364. The van der Waals surface area contributed by atoms with E-state index in [1.807, 2.05) is 20.2 Å². The Balaban J connectivity index is 1.47. The summed E-state index contributed by atoms with van der Waals surface area (Å²) in [7, 11) is 1.87. The van der Waals surface area contributed by atoms with Crippen molar-refractivity contribution in [2.75, 3.05) is 26.7 Å². The molecule has 136 valence electrons. The van der Waals surface area contributed by atoms with E-state index >= 15 is 0 Å². The van der Waals surface area contributed by atoms with Crippen LogP contribution in [-0.4, -0.2) is 42.5 Å². The Morgan fingerprint density at radius 1 is 1.15 bits per heavy atom. The van der Waals surface area contributed by atoms with Gasteiger partial charge in [-0.3, -0.25) is 9.98 Å². The molecule has 0 spiro atoms. The first kappa shape index (κ1) is 18.2. The molecule has 0 unspecified atom stereocenters.